The number of halogens is 3. The number of nitrogens with one attached hydrogen (secondary N) is 1. The summed E-state index contributed by atoms with van der Waals surface area (Å²) in [7, 11) is -3.58. The molecule has 0 atom stereocenters. The highest BCUT2D eigenvalue weighted by molar-refractivity contribution is 7.89. The van der Waals surface area contributed by atoms with Gasteiger partial charge in [-0.15, -0.1) is 0 Å². The van der Waals surface area contributed by atoms with Gasteiger partial charge in [0.2, 0.25) is 10.0 Å². The van der Waals surface area contributed by atoms with Crippen molar-refractivity contribution in [3.63, 3.8) is 0 Å². The lowest BCUT2D eigenvalue weighted by atomic mass is 10.1. The molecule has 1 aromatic carbocycles. The summed E-state index contributed by atoms with van der Waals surface area (Å²) in [5, 5.41) is 0.858. The van der Waals surface area contributed by atoms with E-state index in [-0.39, 0.29) is 23.5 Å². The van der Waals surface area contributed by atoms with Crippen molar-refractivity contribution in [3.05, 3.63) is 28.0 Å². The van der Waals surface area contributed by atoms with Crippen LogP contribution >= 0.6 is 23.2 Å². The number of benzene rings is 1. The Hall–Kier alpha value is -0.830. The van der Waals surface area contributed by atoms with E-state index in [1.165, 1.54) is 0 Å². The number of sulfonamides is 1. The first-order chi connectivity index (χ1) is 10.8. The van der Waals surface area contributed by atoms with Gasteiger partial charge in [0.1, 0.15) is 0 Å². The van der Waals surface area contributed by atoms with Gasteiger partial charge in [0, 0.05) is 18.6 Å². The number of carbonyl (C=O) groups is 1. The molecule has 0 fully saturated rings. The zero-order chi connectivity index (χ0) is 16.8. The smallest absolute Gasteiger partial charge is 0.275 e. The maximum atomic E-state index is 12.0. The number of imidazole rings is 1. The minimum atomic E-state index is -3.58. The quantitative estimate of drug-likeness (QED) is 0.580. The number of carbonyl (C=O) groups excluding carboxylic acids is 1. The number of hydrogen-bond donors (Lipinski definition) is 1. The van der Waals surface area contributed by atoms with Crippen molar-refractivity contribution < 1.29 is 34.8 Å². The van der Waals surface area contributed by atoms with Crippen LogP contribution in [0, 0.1) is 0 Å². The van der Waals surface area contributed by atoms with Gasteiger partial charge in [-0.1, -0.05) is 23.2 Å². The van der Waals surface area contributed by atoms with Crippen molar-refractivity contribution >= 4 is 50.2 Å². The lowest BCUT2D eigenvalue weighted by Crippen LogP contribution is -3.00. The van der Waals surface area contributed by atoms with Crippen LogP contribution in [0.1, 0.15) is 18.7 Å². The van der Waals surface area contributed by atoms with E-state index in [0.29, 0.717) is 10.0 Å². The first-order valence-electron chi connectivity index (χ1n) is 7.17. The Balaban J connectivity index is 0.00000208. The molecule has 1 amide bonds. The number of nitrogens with zero attached hydrogens (tertiary/aromatic N) is 2. The van der Waals surface area contributed by atoms with Crippen LogP contribution in [0.3, 0.4) is 0 Å². The van der Waals surface area contributed by atoms with Crippen LogP contribution in [0.25, 0.3) is 11.0 Å². The summed E-state index contributed by atoms with van der Waals surface area (Å²) < 4.78 is 28.4. The van der Waals surface area contributed by atoms with Crippen LogP contribution in [-0.2, 0) is 34.3 Å². The van der Waals surface area contributed by atoms with E-state index in [0.717, 1.165) is 48.9 Å². The van der Waals surface area contributed by atoms with Gasteiger partial charge in [0.25, 0.3) is 11.7 Å². The van der Waals surface area contributed by atoms with Crippen molar-refractivity contribution in [2.24, 2.45) is 0 Å². The minimum Gasteiger partial charge on any atom is -1.00 e. The molecule has 132 valence electrons. The molecule has 1 aliphatic heterocycles. The summed E-state index contributed by atoms with van der Waals surface area (Å²) >= 11 is 12.2. The van der Waals surface area contributed by atoms with Gasteiger partial charge in [0.15, 0.2) is 17.6 Å². The van der Waals surface area contributed by atoms with Crippen molar-refractivity contribution in [1.29, 1.82) is 0 Å². The van der Waals surface area contributed by atoms with Crippen LogP contribution in [0.15, 0.2) is 12.1 Å². The normalized spacial score (nSPS) is 14.1. The number of aromatic nitrogens is 2. The van der Waals surface area contributed by atoms with Crippen LogP contribution in [0.5, 0.6) is 0 Å². The summed E-state index contributed by atoms with van der Waals surface area (Å²) in [5.41, 5.74) is 1.68. The maximum absolute atomic E-state index is 12.0. The Morgan fingerprint density at radius 3 is 2.62 bits per heavy atom. The molecule has 10 heteroatoms. The van der Waals surface area contributed by atoms with Gasteiger partial charge in [-0.2, -0.15) is 0 Å². The zero-order valence-corrected chi connectivity index (χ0v) is 16.8. The number of hydrogen-bond acceptors (Lipinski definition) is 3. The molecule has 0 aliphatic carbocycles. The molecule has 6 nitrogen and oxygen atoms in total. The lowest BCUT2D eigenvalue weighted by Gasteiger charge is -2.10. The topological polar surface area (TPSA) is 72.0 Å². The highest BCUT2D eigenvalue weighted by Crippen LogP contribution is 2.29. The maximum Gasteiger partial charge on any atom is 0.275 e. The summed E-state index contributed by atoms with van der Waals surface area (Å²) in [5.74, 6) is 0.401. The monoisotopic (exact) mass is 455 g/mol. The Morgan fingerprint density at radius 2 is 1.96 bits per heavy atom. The second kappa shape index (κ2) is 7.19. The molecule has 0 radical (unpaired) electrons. The number of amides is 1. The van der Waals surface area contributed by atoms with Gasteiger partial charge in [0.05, 0.1) is 22.8 Å². The Kier molecular flexibility index (Phi) is 5.84. The van der Waals surface area contributed by atoms with Crippen LogP contribution in [0.4, 0.5) is 0 Å². The van der Waals surface area contributed by atoms with E-state index in [1.54, 1.807) is 12.1 Å². The fourth-order valence-electron chi connectivity index (χ4n) is 3.01. The van der Waals surface area contributed by atoms with E-state index in [9.17, 15) is 13.2 Å². The molecule has 2 aromatic rings. The first-order valence-corrected chi connectivity index (χ1v) is 9.81. The molecule has 0 unspecified atom stereocenters. The zero-order valence-electron chi connectivity index (χ0n) is 12.9. The van der Waals surface area contributed by atoms with Gasteiger partial charge in [-0.05, 0) is 12.8 Å². The third kappa shape index (κ3) is 3.87. The molecule has 2 heterocycles. The molecule has 0 bridgehead atoms. The predicted octanol–water partition coefficient (Wildman–Crippen LogP) is -1.35. The van der Waals surface area contributed by atoms with Crippen molar-refractivity contribution in [2.45, 2.75) is 32.4 Å². The van der Waals surface area contributed by atoms with Crippen LogP contribution in [0.2, 0.25) is 10.0 Å². The molecule has 1 N–H and O–H groups in total. The van der Waals surface area contributed by atoms with E-state index >= 15 is 0 Å². The second-order valence-electron chi connectivity index (χ2n) is 5.66. The first kappa shape index (κ1) is 19.5. The Labute approximate surface area is 160 Å². The van der Waals surface area contributed by atoms with Gasteiger partial charge >= 0.3 is 0 Å². The second-order valence-corrected chi connectivity index (χ2v) is 8.23. The van der Waals surface area contributed by atoms with Crippen molar-refractivity contribution in [2.75, 3.05) is 6.26 Å². The minimum absolute atomic E-state index is 0. The average molecular weight is 457 g/mol. The Morgan fingerprint density at radius 1 is 1.29 bits per heavy atom. The standard InChI is InChI=1S/C14H15Cl2N3O3S.BrH/c1-23(21,22)17-13(20)8-19-12-7-10(16)9(15)6-11(12)18-5-3-2-4-14(18)19;/h6-7H,2-5,8H2,1H3;1H. The van der Waals surface area contributed by atoms with Crippen molar-refractivity contribution in [3.8, 4) is 0 Å². The van der Waals surface area contributed by atoms with Gasteiger partial charge < -0.3 is 17.0 Å². The van der Waals surface area contributed by atoms with Crippen LogP contribution in [-0.4, -0.2) is 25.1 Å². The van der Waals surface area contributed by atoms with Gasteiger partial charge in [-0.3, -0.25) is 4.79 Å². The van der Waals surface area contributed by atoms with Crippen LogP contribution < -0.4 is 26.3 Å². The molecule has 0 saturated heterocycles. The highest BCUT2D eigenvalue weighted by atomic mass is 79.9. The predicted molar refractivity (Wildman–Crippen MR) is 88.1 cm³/mol. The fourth-order valence-corrected chi connectivity index (χ4v) is 3.81. The SMILES string of the molecule is CS(=O)(=O)NC(=O)Cn1c2[n+](c3cc(Cl)c(Cl)cc31)CCCC2.[Br-]. The lowest BCUT2D eigenvalue weighted by molar-refractivity contribution is -0.685. The summed E-state index contributed by atoms with van der Waals surface area (Å²) in [4.78, 5) is 12.0. The molecule has 0 saturated carbocycles. The molecule has 1 aliphatic rings. The molecule has 3 rings (SSSR count). The van der Waals surface area contributed by atoms with E-state index < -0.39 is 15.9 Å². The fraction of sp³-hybridized carbons (Fsp3) is 0.429. The average Bonchev–Trinajstić information content (AvgIpc) is 2.72. The number of aryl methyl sites for hydroxylation is 1. The highest BCUT2D eigenvalue weighted by Gasteiger charge is 2.29. The third-order valence-corrected chi connectivity index (χ3v) is 5.18. The van der Waals surface area contributed by atoms with E-state index in [1.807, 2.05) is 9.29 Å². The van der Waals surface area contributed by atoms with E-state index in [2.05, 4.69) is 4.57 Å². The molecular formula is C14H16BrCl2N3O3S. The molecule has 1 aromatic heterocycles. The third-order valence-electron chi connectivity index (χ3n) is 3.86. The van der Waals surface area contributed by atoms with Crippen molar-refractivity contribution in [1.82, 2.24) is 9.29 Å². The molecular weight excluding hydrogens is 441 g/mol. The summed E-state index contributed by atoms with van der Waals surface area (Å²) in [6.07, 6.45) is 3.84. The Bertz CT molecular complexity index is 912. The summed E-state index contributed by atoms with van der Waals surface area (Å²) in [6, 6.07) is 3.51. The number of fused-ring (bicyclic) bond motifs is 3. The van der Waals surface area contributed by atoms with Gasteiger partial charge in [-0.25, -0.2) is 22.3 Å². The summed E-state index contributed by atoms with van der Waals surface area (Å²) in [6.45, 7) is 0.758. The molecule has 24 heavy (non-hydrogen) atoms. The van der Waals surface area contributed by atoms with E-state index in [4.69, 9.17) is 23.2 Å². The largest absolute Gasteiger partial charge is 1.00 e. The molecule has 0 spiro atoms. The number of rotatable bonds is 3.